The minimum Gasteiger partial charge on any atom is -0.301 e. The van der Waals surface area contributed by atoms with E-state index in [4.69, 9.17) is 11.6 Å². The van der Waals surface area contributed by atoms with Crippen molar-refractivity contribution in [3.8, 4) is 0 Å². The van der Waals surface area contributed by atoms with Crippen LogP contribution in [0.15, 0.2) is 0 Å². The molecule has 0 saturated carbocycles. The molecule has 0 bridgehead atoms. The van der Waals surface area contributed by atoms with Crippen LogP contribution in [0.2, 0.25) is 0 Å². The van der Waals surface area contributed by atoms with Crippen molar-refractivity contribution in [1.29, 1.82) is 0 Å². The summed E-state index contributed by atoms with van der Waals surface area (Å²) in [5.74, 6) is -0.221. The van der Waals surface area contributed by atoms with Crippen LogP contribution in [0.3, 0.4) is 0 Å². The molecule has 0 aromatic carbocycles. The van der Waals surface area contributed by atoms with Gasteiger partial charge in [0.1, 0.15) is 11.7 Å². The molecule has 0 N–H and O–H groups in total. The van der Waals surface area contributed by atoms with Gasteiger partial charge in [0.25, 0.3) is 0 Å². The number of hydrogen-bond acceptors (Lipinski definition) is 2. The third kappa shape index (κ3) is 2.07. The fraction of sp³-hybridized carbons (Fsp3) is 0.600. The average Bonchev–Trinajstić information content (AvgIpc) is 1.84. The summed E-state index contributed by atoms with van der Waals surface area (Å²) in [6.45, 7) is 1.67. The monoisotopic (exact) mass is 134 g/mol. The molecule has 0 rings (SSSR count). The highest BCUT2D eigenvalue weighted by Crippen LogP contribution is 1.95. The lowest BCUT2D eigenvalue weighted by molar-refractivity contribution is -0.121. The Labute approximate surface area is 52.8 Å². The van der Waals surface area contributed by atoms with Crippen LogP contribution in [0.5, 0.6) is 0 Å². The lowest BCUT2D eigenvalue weighted by Gasteiger charge is -1.92. The average molecular weight is 135 g/mol. The number of Topliss-reactive ketones (excluding diaryl/α,β-unsaturated/α-hetero) is 1. The van der Waals surface area contributed by atoms with E-state index in [2.05, 4.69) is 0 Å². The molecule has 0 amide bonds. The first-order valence-corrected chi connectivity index (χ1v) is 2.78. The minimum absolute atomic E-state index is 0.221. The molecule has 0 aromatic heterocycles. The summed E-state index contributed by atoms with van der Waals surface area (Å²) in [4.78, 5) is 20.1. The Hall–Kier alpha value is -0.370. The largest absolute Gasteiger partial charge is 0.301 e. The molecule has 0 aliphatic heterocycles. The van der Waals surface area contributed by atoms with Gasteiger partial charge in [-0.1, -0.05) is 6.92 Å². The first-order chi connectivity index (χ1) is 3.72. The highest BCUT2D eigenvalue weighted by atomic mass is 35.5. The number of alkyl halides is 1. The zero-order valence-electron chi connectivity index (χ0n) is 4.56. The maximum atomic E-state index is 10.4. The summed E-state index contributed by atoms with van der Waals surface area (Å²) in [6.07, 6.45) is 0.764. The Morgan fingerprint density at radius 1 is 1.88 bits per heavy atom. The van der Waals surface area contributed by atoms with Crippen LogP contribution in [0, 0.1) is 0 Å². The van der Waals surface area contributed by atoms with Crippen molar-refractivity contribution in [1.82, 2.24) is 0 Å². The summed E-state index contributed by atoms with van der Waals surface area (Å²) in [5, 5.41) is -0.931. The molecule has 0 spiro atoms. The second-order valence-electron chi connectivity index (χ2n) is 1.36. The topological polar surface area (TPSA) is 34.1 Å². The number of hydrogen-bond donors (Lipinski definition) is 0. The van der Waals surface area contributed by atoms with Gasteiger partial charge in [0.05, 0.1) is 0 Å². The summed E-state index contributed by atoms with van der Waals surface area (Å²) in [6, 6.07) is 0. The lowest BCUT2D eigenvalue weighted by Crippen LogP contribution is -2.13. The van der Waals surface area contributed by atoms with Gasteiger partial charge in [-0.15, -0.1) is 11.6 Å². The van der Waals surface area contributed by atoms with E-state index in [1.165, 1.54) is 0 Å². The number of aldehydes is 1. The zero-order chi connectivity index (χ0) is 6.57. The van der Waals surface area contributed by atoms with Gasteiger partial charge < -0.3 is 4.79 Å². The Morgan fingerprint density at radius 3 is 2.50 bits per heavy atom. The van der Waals surface area contributed by atoms with Gasteiger partial charge >= 0.3 is 0 Å². The van der Waals surface area contributed by atoms with Crippen molar-refractivity contribution in [2.75, 3.05) is 0 Å². The molecule has 0 aliphatic rings. The van der Waals surface area contributed by atoms with Crippen LogP contribution < -0.4 is 0 Å². The Morgan fingerprint density at radius 2 is 2.38 bits per heavy atom. The second kappa shape index (κ2) is 3.61. The fourth-order valence-corrected chi connectivity index (χ4v) is 0.425. The predicted octanol–water partition coefficient (Wildman–Crippen LogP) is 0.772. The van der Waals surface area contributed by atoms with Crippen molar-refractivity contribution in [2.45, 2.75) is 18.7 Å². The van der Waals surface area contributed by atoms with E-state index in [0.717, 1.165) is 0 Å². The van der Waals surface area contributed by atoms with E-state index >= 15 is 0 Å². The van der Waals surface area contributed by atoms with Gasteiger partial charge in [-0.25, -0.2) is 0 Å². The quantitative estimate of drug-likeness (QED) is 0.325. The number of carbonyl (C=O) groups excluding carboxylic acids is 2. The number of carbonyl (C=O) groups is 2. The first-order valence-electron chi connectivity index (χ1n) is 2.34. The van der Waals surface area contributed by atoms with Crippen molar-refractivity contribution >= 4 is 23.7 Å². The van der Waals surface area contributed by atoms with Crippen LogP contribution in [-0.4, -0.2) is 17.4 Å². The molecular weight excluding hydrogens is 128 g/mol. The van der Waals surface area contributed by atoms with Crippen LogP contribution in [0.1, 0.15) is 13.3 Å². The Bertz CT molecular complexity index is 101. The molecule has 1 unspecified atom stereocenters. The SMILES string of the molecule is CCC(=O)C(Cl)C=O. The molecule has 1 atom stereocenters. The normalized spacial score (nSPS) is 12.8. The zero-order valence-corrected chi connectivity index (χ0v) is 5.31. The standard InChI is InChI=1S/C5H7ClO2/c1-2-5(8)4(6)3-7/h3-4H,2H2,1H3. The van der Waals surface area contributed by atoms with Crippen LogP contribution in [0.4, 0.5) is 0 Å². The minimum atomic E-state index is -0.931. The molecule has 3 heteroatoms. The summed E-state index contributed by atoms with van der Waals surface area (Å²) in [7, 11) is 0. The van der Waals surface area contributed by atoms with E-state index in [-0.39, 0.29) is 5.78 Å². The second-order valence-corrected chi connectivity index (χ2v) is 1.83. The molecule has 0 aromatic rings. The molecule has 0 heterocycles. The van der Waals surface area contributed by atoms with Gasteiger partial charge in [-0.3, -0.25) is 4.79 Å². The van der Waals surface area contributed by atoms with Crippen molar-refractivity contribution in [2.24, 2.45) is 0 Å². The van der Waals surface area contributed by atoms with Crippen molar-refractivity contribution in [3.05, 3.63) is 0 Å². The molecule has 0 saturated heterocycles. The van der Waals surface area contributed by atoms with Gasteiger partial charge in [-0.2, -0.15) is 0 Å². The van der Waals surface area contributed by atoms with Crippen LogP contribution in [0.25, 0.3) is 0 Å². The summed E-state index contributed by atoms with van der Waals surface area (Å²) in [5.41, 5.74) is 0. The van der Waals surface area contributed by atoms with Gasteiger partial charge in [0.15, 0.2) is 5.78 Å². The van der Waals surface area contributed by atoms with Crippen LogP contribution in [-0.2, 0) is 9.59 Å². The Balaban J connectivity index is 3.62. The van der Waals surface area contributed by atoms with Crippen molar-refractivity contribution in [3.63, 3.8) is 0 Å². The number of halogens is 1. The molecule has 0 fully saturated rings. The van der Waals surface area contributed by atoms with E-state index in [1.54, 1.807) is 6.92 Å². The first kappa shape index (κ1) is 7.63. The van der Waals surface area contributed by atoms with Crippen LogP contribution >= 0.6 is 11.6 Å². The lowest BCUT2D eigenvalue weighted by atomic mass is 10.2. The maximum Gasteiger partial charge on any atom is 0.157 e. The van der Waals surface area contributed by atoms with E-state index in [1.807, 2.05) is 0 Å². The van der Waals surface area contributed by atoms with E-state index in [9.17, 15) is 9.59 Å². The fourth-order valence-electron chi connectivity index (χ4n) is 0.271. The Kier molecular flexibility index (Phi) is 3.44. The smallest absolute Gasteiger partial charge is 0.157 e. The number of rotatable bonds is 3. The maximum absolute atomic E-state index is 10.4. The molecule has 0 aliphatic carbocycles. The molecule has 8 heavy (non-hydrogen) atoms. The molecular formula is C5H7ClO2. The third-order valence-corrected chi connectivity index (χ3v) is 1.12. The van der Waals surface area contributed by atoms with Gasteiger partial charge in [0.2, 0.25) is 0 Å². The van der Waals surface area contributed by atoms with Gasteiger partial charge in [-0.05, 0) is 0 Å². The molecule has 2 nitrogen and oxygen atoms in total. The summed E-state index contributed by atoms with van der Waals surface area (Å²) < 4.78 is 0. The number of ketones is 1. The highest BCUT2D eigenvalue weighted by Gasteiger charge is 2.09. The van der Waals surface area contributed by atoms with Gasteiger partial charge in [0, 0.05) is 6.42 Å². The predicted molar refractivity (Wildman–Crippen MR) is 31.0 cm³/mol. The highest BCUT2D eigenvalue weighted by molar-refractivity contribution is 6.38. The molecule has 0 radical (unpaired) electrons. The van der Waals surface area contributed by atoms with E-state index in [0.29, 0.717) is 12.7 Å². The summed E-state index contributed by atoms with van der Waals surface area (Å²) >= 11 is 5.20. The van der Waals surface area contributed by atoms with E-state index < -0.39 is 5.38 Å². The van der Waals surface area contributed by atoms with Crippen molar-refractivity contribution < 1.29 is 9.59 Å². The third-order valence-electron chi connectivity index (χ3n) is 0.776. The molecule has 46 valence electrons.